The van der Waals surface area contributed by atoms with Gasteiger partial charge in [0.2, 0.25) is 0 Å². The zero-order valence-electron chi connectivity index (χ0n) is 12.2. The van der Waals surface area contributed by atoms with Gasteiger partial charge in [-0.15, -0.1) is 10.2 Å². The van der Waals surface area contributed by atoms with Crippen molar-refractivity contribution in [3.63, 3.8) is 0 Å². The van der Waals surface area contributed by atoms with E-state index in [1.165, 1.54) is 16.0 Å². The number of aryl methyl sites for hydroxylation is 1. The number of fused-ring (bicyclic) bond motifs is 1. The molecule has 1 unspecified atom stereocenters. The predicted molar refractivity (Wildman–Crippen MR) is 85.6 cm³/mol. The summed E-state index contributed by atoms with van der Waals surface area (Å²) in [5.41, 5.74) is 9.34. The Morgan fingerprint density at radius 1 is 1.24 bits per heavy atom. The SMILES string of the molecule is Cc1ccc(Sc2nnc3ccccn23)c(CC(C)N)c1. The maximum atomic E-state index is 5.96. The molecule has 2 heterocycles. The first kappa shape index (κ1) is 14.1. The Labute approximate surface area is 128 Å². The molecule has 0 spiro atoms. The van der Waals surface area contributed by atoms with E-state index in [2.05, 4.69) is 35.3 Å². The molecule has 0 aliphatic rings. The van der Waals surface area contributed by atoms with Gasteiger partial charge in [0.25, 0.3) is 0 Å². The van der Waals surface area contributed by atoms with Gasteiger partial charge in [-0.1, -0.05) is 23.8 Å². The summed E-state index contributed by atoms with van der Waals surface area (Å²) in [7, 11) is 0. The standard InChI is InChI=1S/C16H18N4S/c1-11-6-7-14(13(9-11)10-12(2)17)21-16-19-18-15-5-3-4-8-20(15)16/h3-9,12H,10,17H2,1-2H3. The zero-order chi connectivity index (χ0) is 14.8. The van der Waals surface area contributed by atoms with Crippen molar-refractivity contribution in [2.24, 2.45) is 5.73 Å². The average Bonchev–Trinajstić information content (AvgIpc) is 2.85. The maximum absolute atomic E-state index is 5.96. The summed E-state index contributed by atoms with van der Waals surface area (Å²) in [6.45, 7) is 4.13. The van der Waals surface area contributed by atoms with Gasteiger partial charge >= 0.3 is 0 Å². The minimum atomic E-state index is 0.140. The fraction of sp³-hybridized carbons (Fsp3) is 0.250. The van der Waals surface area contributed by atoms with E-state index in [-0.39, 0.29) is 6.04 Å². The molecule has 2 N–H and O–H groups in total. The van der Waals surface area contributed by atoms with Crippen LogP contribution in [0, 0.1) is 6.92 Å². The first-order valence-corrected chi connectivity index (χ1v) is 7.78. The summed E-state index contributed by atoms with van der Waals surface area (Å²) in [4.78, 5) is 1.19. The number of nitrogens with zero attached hydrogens (tertiary/aromatic N) is 3. The van der Waals surface area contributed by atoms with Gasteiger partial charge in [-0.25, -0.2) is 0 Å². The molecule has 1 aromatic carbocycles. The quantitative estimate of drug-likeness (QED) is 0.804. The summed E-state index contributed by atoms with van der Waals surface area (Å²) >= 11 is 1.63. The van der Waals surface area contributed by atoms with Crippen LogP contribution in [-0.4, -0.2) is 20.6 Å². The Balaban J connectivity index is 1.97. The van der Waals surface area contributed by atoms with E-state index < -0.39 is 0 Å². The van der Waals surface area contributed by atoms with Crippen molar-refractivity contribution in [3.05, 3.63) is 53.7 Å². The average molecular weight is 298 g/mol. The molecule has 3 aromatic rings. The summed E-state index contributed by atoms with van der Waals surface area (Å²) in [6, 6.07) is 12.5. The number of benzene rings is 1. The van der Waals surface area contributed by atoms with E-state index >= 15 is 0 Å². The molecule has 5 heteroatoms. The van der Waals surface area contributed by atoms with Crippen LogP contribution < -0.4 is 5.73 Å². The van der Waals surface area contributed by atoms with Crippen LogP contribution in [0.2, 0.25) is 0 Å². The third-order valence-corrected chi connectivity index (χ3v) is 4.32. The van der Waals surface area contributed by atoms with Crippen LogP contribution in [0.15, 0.2) is 52.6 Å². The largest absolute Gasteiger partial charge is 0.328 e. The number of rotatable bonds is 4. The molecule has 0 amide bonds. The predicted octanol–water partition coefficient (Wildman–Crippen LogP) is 3.08. The Morgan fingerprint density at radius 3 is 2.90 bits per heavy atom. The molecule has 2 aromatic heterocycles. The lowest BCUT2D eigenvalue weighted by Gasteiger charge is -2.11. The monoisotopic (exact) mass is 298 g/mol. The zero-order valence-corrected chi connectivity index (χ0v) is 13.0. The third kappa shape index (κ3) is 3.09. The molecular formula is C16H18N4S. The molecule has 0 fully saturated rings. The minimum absolute atomic E-state index is 0.140. The number of aromatic nitrogens is 3. The summed E-state index contributed by atoms with van der Waals surface area (Å²) in [5, 5.41) is 9.34. The molecular weight excluding hydrogens is 280 g/mol. The fourth-order valence-corrected chi connectivity index (χ4v) is 3.24. The lowest BCUT2D eigenvalue weighted by atomic mass is 10.1. The highest BCUT2D eigenvalue weighted by Crippen LogP contribution is 2.30. The van der Waals surface area contributed by atoms with Gasteiger partial charge in [0.05, 0.1) is 0 Å². The highest BCUT2D eigenvalue weighted by atomic mass is 32.2. The lowest BCUT2D eigenvalue weighted by molar-refractivity contribution is 0.728. The normalized spacial score (nSPS) is 12.7. The van der Waals surface area contributed by atoms with E-state index in [1.54, 1.807) is 11.8 Å². The molecule has 0 saturated carbocycles. The number of nitrogens with two attached hydrogens (primary N) is 1. The van der Waals surface area contributed by atoms with Gasteiger partial charge in [0.15, 0.2) is 10.8 Å². The first-order valence-electron chi connectivity index (χ1n) is 6.96. The van der Waals surface area contributed by atoms with Crippen molar-refractivity contribution in [1.82, 2.24) is 14.6 Å². The summed E-state index contributed by atoms with van der Waals surface area (Å²) < 4.78 is 2.00. The van der Waals surface area contributed by atoms with Crippen LogP contribution in [0.4, 0.5) is 0 Å². The van der Waals surface area contributed by atoms with Crippen LogP contribution in [0.25, 0.3) is 5.65 Å². The van der Waals surface area contributed by atoms with Crippen molar-refractivity contribution < 1.29 is 0 Å². The van der Waals surface area contributed by atoms with Crippen molar-refractivity contribution in [3.8, 4) is 0 Å². The fourth-order valence-electron chi connectivity index (χ4n) is 2.30. The van der Waals surface area contributed by atoms with Gasteiger partial charge in [0, 0.05) is 17.1 Å². The van der Waals surface area contributed by atoms with Gasteiger partial charge < -0.3 is 5.73 Å². The van der Waals surface area contributed by atoms with Crippen LogP contribution in [0.5, 0.6) is 0 Å². The van der Waals surface area contributed by atoms with E-state index in [4.69, 9.17) is 5.73 Å². The van der Waals surface area contributed by atoms with Crippen LogP contribution in [-0.2, 0) is 6.42 Å². The molecule has 0 saturated heterocycles. The van der Waals surface area contributed by atoms with Crippen molar-refractivity contribution in [2.75, 3.05) is 0 Å². The van der Waals surface area contributed by atoms with Gasteiger partial charge in [-0.05, 0) is 55.8 Å². The van der Waals surface area contributed by atoms with Gasteiger partial charge in [0.1, 0.15) is 0 Å². The smallest absolute Gasteiger partial charge is 0.200 e. The van der Waals surface area contributed by atoms with E-state index in [0.29, 0.717) is 0 Å². The molecule has 21 heavy (non-hydrogen) atoms. The van der Waals surface area contributed by atoms with Crippen molar-refractivity contribution in [1.29, 1.82) is 0 Å². The topological polar surface area (TPSA) is 56.2 Å². The van der Waals surface area contributed by atoms with Crippen LogP contribution in [0.1, 0.15) is 18.1 Å². The van der Waals surface area contributed by atoms with Gasteiger partial charge in [-0.2, -0.15) is 0 Å². The number of hydrogen-bond acceptors (Lipinski definition) is 4. The van der Waals surface area contributed by atoms with Crippen molar-refractivity contribution in [2.45, 2.75) is 36.4 Å². The summed E-state index contributed by atoms with van der Waals surface area (Å²) in [5.74, 6) is 0. The van der Waals surface area contributed by atoms with Crippen LogP contribution >= 0.6 is 11.8 Å². The Bertz CT molecular complexity index is 764. The highest BCUT2D eigenvalue weighted by Gasteiger charge is 2.11. The van der Waals surface area contributed by atoms with Crippen LogP contribution in [0.3, 0.4) is 0 Å². The minimum Gasteiger partial charge on any atom is -0.328 e. The number of hydrogen-bond donors (Lipinski definition) is 1. The Morgan fingerprint density at radius 2 is 2.10 bits per heavy atom. The highest BCUT2D eigenvalue weighted by molar-refractivity contribution is 7.99. The van der Waals surface area contributed by atoms with Crippen molar-refractivity contribution >= 4 is 17.4 Å². The molecule has 0 aliphatic heterocycles. The second kappa shape index (κ2) is 5.87. The summed E-state index contributed by atoms with van der Waals surface area (Å²) in [6.07, 6.45) is 2.85. The van der Waals surface area contributed by atoms with Gasteiger partial charge in [-0.3, -0.25) is 4.40 Å². The maximum Gasteiger partial charge on any atom is 0.200 e. The van der Waals surface area contributed by atoms with E-state index in [0.717, 1.165) is 17.2 Å². The second-order valence-corrected chi connectivity index (χ2v) is 6.32. The second-order valence-electron chi connectivity index (χ2n) is 5.31. The Hall–Kier alpha value is -1.85. The third-order valence-electron chi connectivity index (χ3n) is 3.24. The molecule has 0 bridgehead atoms. The molecule has 0 radical (unpaired) electrons. The molecule has 0 aliphatic carbocycles. The van der Waals surface area contributed by atoms with E-state index in [9.17, 15) is 0 Å². The lowest BCUT2D eigenvalue weighted by Crippen LogP contribution is -2.18. The Kier molecular flexibility index (Phi) is 3.94. The van der Waals surface area contributed by atoms with E-state index in [1.807, 2.05) is 35.7 Å². The molecule has 4 nitrogen and oxygen atoms in total. The molecule has 108 valence electrons. The first-order chi connectivity index (χ1) is 10.1. The molecule has 3 rings (SSSR count). The number of pyridine rings is 1. The molecule has 1 atom stereocenters.